The number of hydrogen-bond donors (Lipinski definition) is 1. The van der Waals surface area contributed by atoms with Crippen LogP contribution < -0.4 is 5.73 Å². The van der Waals surface area contributed by atoms with Gasteiger partial charge in [0.15, 0.2) is 0 Å². The van der Waals surface area contributed by atoms with Crippen LogP contribution >= 0.6 is 0 Å². The fourth-order valence-corrected chi connectivity index (χ4v) is 4.11. The normalized spacial score (nSPS) is 34.1. The van der Waals surface area contributed by atoms with E-state index in [4.69, 9.17) is 5.73 Å². The van der Waals surface area contributed by atoms with E-state index in [1.54, 1.807) is 0 Å². The minimum absolute atomic E-state index is 0.109. The smallest absolute Gasteiger partial charge is 0.227 e. The number of nitrogens with zero attached hydrogens (tertiary/aromatic N) is 2. The van der Waals surface area contributed by atoms with Crippen LogP contribution in [0.1, 0.15) is 44.9 Å². The van der Waals surface area contributed by atoms with Gasteiger partial charge in [-0.15, -0.1) is 0 Å². The Bertz CT molecular complexity index is 319. The molecule has 0 aromatic heterocycles. The largest absolute Gasteiger partial charge is 0.340 e. The molecule has 0 aromatic carbocycles. The zero-order chi connectivity index (χ0) is 13.2. The monoisotopic (exact) mass is 265 g/mol. The number of amides is 1. The lowest BCUT2D eigenvalue weighted by atomic mass is 10.0. The van der Waals surface area contributed by atoms with E-state index in [-0.39, 0.29) is 12.0 Å². The molecule has 3 aliphatic rings. The first-order valence-corrected chi connectivity index (χ1v) is 8.04. The van der Waals surface area contributed by atoms with Crippen molar-refractivity contribution in [3.05, 3.63) is 0 Å². The van der Waals surface area contributed by atoms with Crippen molar-refractivity contribution in [1.82, 2.24) is 9.80 Å². The minimum atomic E-state index is 0.109. The third kappa shape index (κ3) is 2.79. The molecule has 0 radical (unpaired) electrons. The molecule has 3 rings (SSSR count). The number of carbonyl (C=O) groups excluding carboxylic acids is 1. The van der Waals surface area contributed by atoms with Gasteiger partial charge >= 0.3 is 0 Å². The summed E-state index contributed by atoms with van der Waals surface area (Å²) in [5.41, 5.74) is 6.06. The maximum atomic E-state index is 12.5. The standard InChI is InChI=1S/C15H27N3O/c16-14-7-3-6-13(14)15(19)18-10-8-17(9-11-18)12-4-1-2-5-12/h12-14H,1-11,16H2. The highest BCUT2D eigenvalue weighted by atomic mass is 16.2. The number of rotatable bonds is 2. The summed E-state index contributed by atoms with van der Waals surface area (Å²) < 4.78 is 0. The van der Waals surface area contributed by atoms with E-state index in [0.29, 0.717) is 5.91 Å². The van der Waals surface area contributed by atoms with Crippen molar-refractivity contribution in [3.63, 3.8) is 0 Å². The van der Waals surface area contributed by atoms with Gasteiger partial charge in [0.25, 0.3) is 0 Å². The molecule has 2 aliphatic carbocycles. The molecular weight excluding hydrogens is 238 g/mol. The molecule has 2 atom stereocenters. The van der Waals surface area contributed by atoms with Gasteiger partial charge in [-0.2, -0.15) is 0 Å². The molecule has 3 fully saturated rings. The first-order chi connectivity index (χ1) is 9.25. The van der Waals surface area contributed by atoms with E-state index in [1.165, 1.54) is 25.7 Å². The maximum absolute atomic E-state index is 12.5. The lowest BCUT2D eigenvalue weighted by Gasteiger charge is -2.39. The van der Waals surface area contributed by atoms with Crippen LogP contribution in [0.2, 0.25) is 0 Å². The highest BCUT2D eigenvalue weighted by Crippen LogP contribution is 2.28. The minimum Gasteiger partial charge on any atom is -0.340 e. The number of hydrogen-bond acceptors (Lipinski definition) is 3. The van der Waals surface area contributed by atoms with E-state index in [9.17, 15) is 4.79 Å². The van der Waals surface area contributed by atoms with Crippen LogP contribution in [0.25, 0.3) is 0 Å². The van der Waals surface area contributed by atoms with Crippen molar-refractivity contribution in [2.45, 2.75) is 57.0 Å². The summed E-state index contributed by atoms with van der Waals surface area (Å²) in [5.74, 6) is 0.439. The second kappa shape index (κ2) is 5.80. The van der Waals surface area contributed by atoms with Crippen molar-refractivity contribution in [1.29, 1.82) is 0 Å². The molecule has 108 valence electrons. The van der Waals surface area contributed by atoms with Gasteiger partial charge < -0.3 is 10.6 Å². The molecule has 2 unspecified atom stereocenters. The number of carbonyl (C=O) groups is 1. The first kappa shape index (κ1) is 13.4. The van der Waals surface area contributed by atoms with Crippen LogP contribution in [0.15, 0.2) is 0 Å². The quantitative estimate of drug-likeness (QED) is 0.816. The average molecular weight is 265 g/mol. The van der Waals surface area contributed by atoms with Gasteiger partial charge in [-0.05, 0) is 25.7 Å². The van der Waals surface area contributed by atoms with Crippen LogP contribution in [0.3, 0.4) is 0 Å². The molecule has 1 aliphatic heterocycles. The lowest BCUT2D eigenvalue weighted by Crippen LogP contribution is -2.53. The number of nitrogens with two attached hydrogens (primary N) is 1. The Labute approximate surface area is 116 Å². The van der Waals surface area contributed by atoms with Crippen molar-refractivity contribution in [2.75, 3.05) is 26.2 Å². The fraction of sp³-hybridized carbons (Fsp3) is 0.933. The van der Waals surface area contributed by atoms with Crippen LogP contribution in [-0.2, 0) is 4.79 Å². The Morgan fingerprint density at radius 3 is 2.16 bits per heavy atom. The molecule has 0 bridgehead atoms. The van der Waals surface area contributed by atoms with Gasteiger partial charge in [-0.1, -0.05) is 19.3 Å². The molecule has 2 N–H and O–H groups in total. The van der Waals surface area contributed by atoms with Crippen LogP contribution in [-0.4, -0.2) is 54.0 Å². The zero-order valence-electron chi connectivity index (χ0n) is 11.9. The second-order valence-electron chi connectivity index (χ2n) is 6.50. The summed E-state index contributed by atoms with van der Waals surface area (Å²) >= 11 is 0. The van der Waals surface area contributed by atoms with Crippen molar-refractivity contribution < 1.29 is 4.79 Å². The summed E-state index contributed by atoms with van der Waals surface area (Å²) in [7, 11) is 0. The Hall–Kier alpha value is -0.610. The maximum Gasteiger partial charge on any atom is 0.227 e. The van der Waals surface area contributed by atoms with Crippen molar-refractivity contribution in [3.8, 4) is 0 Å². The van der Waals surface area contributed by atoms with Crippen molar-refractivity contribution >= 4 is 5.91 Å². The third-order valence-electron chi connectivity index (χ3n) is 5.35. The Morgan fingerprint density at radius 2 is 1.58 bits per heavy atom. The SMILES string of the molecule is NC1CCCC1C(=O)N1CCN(C2CCCC2)CC1. The highest BCUT2D eigenvalue weighted by molar-refractivity contribution is 5.80. The third-order valence-corrected chi connectivity index (χ3v) is 5.35. The second-order valence-corrected chi connectivity index (χ2v) is 6.50. The van der Waals surface area contributed by atoms with Gasteiger partial charge in [0, 0.05) is 38.3 Å². The lowest BCUT2D eigenvalue weighted by molar-refractivity contribution is -0.137. The van der Waals surface area contributed by atoms with Gasteiger partial charge in [-0.25, -0.2) is 0 Å². The molecule has 0 aromatic rings. The Morgan fingerprint density at radius 1 is 0.895 bits per heavy atom. The molecule has 4 heteroatoms. The molecule has 1 saturated heterocycles. The van der Waals surface area contributed by atoms with Gasteiger partial charge in [0.1, 0.15) is 0 Å². The summed E-state index contributed by atoms with van der Waals surface area (Å²) in [5, 5.41) is 0. The first-order valence-electron chi connectivity index (χ1n) is 8.04. The Kier molecular flexibility index (Phi) is 4.08. The predicted molar refractivity (Wildman–Crippen MR) is 75.7 cm³/mol. The molecule has 19 heavy (non-hydrogen) atoms. The fourth-order valence-electron chi connectivity index (χ4n) is 4.11. The summed E-state index contributed by atoms with van der Waals surface area (Å²) in [4.78, 5) is 17.1. The highest BCUT2D eigenvalue weighted by Gasteiger charge is 2.35. The van der Waals surface area contributed by atoms with Crippen LogP contribution in [0.5, 0.6) is 0 Å². The van der Waals surface area contributed by atoms with Gasteiger partial charge in [-0.3, -0.25) is 9.69 Å². The van der Waals surface area contributed by atoms with Crippen LogP contribution in [0, 0.1) is 5.92 Å². The number of piperazine rings is 1. The van der Waals surface area contributed by atoms with Crippen molar-refractivity contribution in [2.24, 2.45) is 11.7 Å². The van der Waals surface area contributed by atoms with E-state index < -0.39 is 0 Å². The molecule has 4 nitrogen and oxygen atoms in total. The average Bonchev–Trinajstić information content (AvgIpc) is 3.09. The van der Waals surface area contributed by atoms with E-state index in [2.05, 4.69) is 9.80 Å². The summed E-state index contributed by atoms with van der Waals surface area (Å²) in [6.07, 6.45) is 8.66. The van der Waals surface area contributed by atoms with Gasteiger partial charge in [0.2, 0.25) is 5.91 Å². The zero-order valence-corrected chi connectivity index (χ0v) is 11.9. The molecule has 2 saturated carbocycles. The summed E-state index contributed by atoms with van der Waals surface area (Å²) in [6, 6.07) is 0.909. The van der Waals surface area contributed by atoms with E-state index in [0.717, 1.165) is 51.5 Å². The van der Waals surface area contributed by atoms with E-state index in [1.807, 2.05) is 0 Å². The molecule has 1 heterocycles. The molecule has 1 amide bonds. The summed E-state index contributed by atoms with van der Waals surface area (Å²) in [6.45, 7) is 3.97. The predicted octanol–water partition coefficient (Wildman–Crippen LogP) is 1.20. The van der Waals surface area contributed by atoms with E-state index >= 15 is 0 Å². The topological polar surface area (TPSA) is 49.6 Å². The van der Waals surface area contributed by atoms with Crippen LogP contribution in [0.4, 0.5) is 0 Å². The molecular formula is C15H27N3O. The van der Waals surface area contributed by atoms with Gasteiger partial charge in [0.05, 0.1) is 5.92 Å². The Balaban J connectivity index is 1.50. The molecule has 0 spiro atoms.